The van der Waals surface area contributed by atoms with E-state index in [2.05, 4.69) is 4.72 Å². The highest BCUT2D eigenvalue weighted by molar-refractivity contribution is 7.89. The Bertz CT molecular complexity index is 524. The zero-order chi connectivity index (χ0) is 14.0. The minimum Gasteiger partial charge on any atom is -0.295 e. The molecule has 0 heterocycles. The van der Waals surface area contributed by atoms with Crippen molar-refractivity contribution in [3.05, 3.63) is 29.8 Å². The number of nitrogens with one attached hydrogen (secondary N) is 1. The molecule has 18 heavy (non-hydrogen) atoms. The molecule has 0 atom stereocenters. The topological polar surface area (TPSA) is 63.2 Å². The van der Waals surface area contributed by atoms with Gasteiger partial charge in [-0.1, -0.05) is 32.9 Å². The van der Waals surface area contributed by atoms with E-state index in [-0.39, 0.29) is 16.1 Å². The van der Waals surface area contributed by atoms with Crippen molar-refractivity contribution in [2.45, 2.75) is 32.6 Å². The summed E-state index contributed by atoms with van der Waals surface area (Å²) in [5, 5.41) is 0. The normalized spacial score (nSPS) is 12.4. The van der Waals surface area contributed by atoms with Crippen LogP contribution in [0.3, 0.4) is 0 Å². The van der Waals surface area contributed by atoms with E-state index in [1.54, 1.807) is 0 Å². The van der Waals surface area contributed by atoms with Crippen molar-refractivity contribution >= 4 is 15.8 Å². The highest BCUT2D eigenvalue weighted by atomic mass is 32.2. The van der Waals surface area contributed by atoms with Gasteiger partial charge in [0.15, 0.2) is 5.78 Å². The Morgan fingerprint density at radius 1 is 1.17 bits per heavy atom. The average Bonchev–Trinajstić information content (AvgIpc) is 2.26. The number of carbonyl (C=O) groups is 1. The molecule has 100 valence electrons. The largest absolute Gasteiger partial charge is 0.295 e. The van der Waals surface area contributed by atoms with Crippen LogP contribution in [0.25, 0.3) is 0 Å². The van der Waals surface area contributed by atoms with E-state index in [1.165, 1.54) is 31.2 Å². The molecule has 0 aromatic heterocycles. The van der Waals surface area contributed by atoms with Gasteiger partial charge in [0.25, 0.3) is 0 Å². The van der Waals surface area contributed by atoms with Crippen molar-refractivity contribution < 1.29 is 13.2 Å². The first kappa shape index (κ1) is 14.9. The summed E-state index contributed by atoms with van der Waals surface area (Å²) in [5.41, 5.74) is 0.386. The van der Waals surface area contributed by atoms with E-state index >= 15 is 0 Å². The van der Waals surface area contributed by atoms with Crippen molar-refractivity contribution in [1.29, 1.82) is 0 Å². The molecule has 1 aromatic carbocycles. The van der Waals surface area contributed by atoms with Crippen molar-refractivity contribution in [1.82, 2.24) is 4.72 Å². The second kappa shape index (κ2) is 5.20. The summed E-state index contributed by atoms with van der Waals surface area (Å²) >= 11 is 0. The summed E-state index contributed by atoms with van der Waals surface area (Å²) in [6, 6.07) is 5.94. The maximum Gasteiger partial charge on any atom is 0.240 e. The molecule has 0 amide bonds. The van der Waals surface area contributed by atoms with Crippen LogP contribution in [0, 0.1) is 5.41 Å². The minimum atomic E-state index is -3.50. The molecule has 0 saturated heterocycles. The maximum absolute atomic E-state index is 12.0. The molecular formula is C13H19NO3S. The van der Waals surface area contributed by atoms with Crippen LogP contribution in [0.4, 0.5) is 0 Å². The SMILES string of the molecule is CC(=O)c1ccc(S(=O)(=O)NCC(C)(C)C)cc1. The van der Waals surface area contributed by atoms with Crippen molar-refractivity contribution in [3.8, 4) is 0 Å². The lowest BCUT2D eigenvalue weighted by atomic mass is 9.98. The van der Waals surface area contributed by atoms with Gasteiger partial charge in [-0.25, -0.2) is 13.1 Å². The fourth-order valence-electron chi connectivity index (χ4n) is 1.26. The number of sulfonamides is 1. The number of carbonyl (C=O) groups excluding carboxylic acids is 1. The van der Waals surface area contributed by atoms with E-state index in [0.717, 1.165) is 0 Å². The molecule has 0 spiro atoms. The third-order valence-electron chi connectivity index (χ3n) is 2.36. The molecule has 1 aromatic rings. The zero-order valence-electron chi connectivity index (χ0n) is 11.1. The monoisotopic (exact) mass is 269 g/mol. The summed E-state index contributed by atoms with van der Waals surface area (Å²) in [6.07, 6.45) is 0. The fraction of sp³-hybridized carbons (Fsp3) is 0.462. The molecule has 0 aliphatic rings. The van der Waals surface area contributed by atoms with Crippen LogP contribution >= 0.6 is 0 Å². The molecule has 1 rings (SSSR count). The first-order valence-electron chi connectivity index (χ1n) is 5.72. The predicted molar refractivity (Wildman–Crippen MR) is 71.1 cm³/mol. The smallest absolute Gasteiger partial charge is 0.240 e. The van der Waals surface area contributed by atoms with E-state index in [9.17, 15) is 13.2 Å². The lowest BCUT2D eigenvalue weighted by Crippen LogP contribution is -2.32. The first-order valence-corrected chi connectivity index (χ1v) is 7.21. The zero-order valence-corrected chi connectivity index (χ0v) is 12.0. The van der Waals surface area contributed by atoms with Gasteiger partial charge in [-0.2, -0.15) is 0 Å². The van der Waals surface area contributed by atoms with Gasteiger partial charge < -0.3 is 0 Å². The van der Waals surface area contributed by atoms with Crippen molar-refractivity contribution in [3.63, 3.8) is 0 Å². The standard InChI is InChI=1S/C13H19NO3S/c1-10(15)11-5-7-12(8-6-11)18(16,17)14-9-13(2,3)4/h5-8,14H,9H2,1-4H3. The lowest BCUT2D eigenvalue weighted by molar-refractivity contribution is 0.101. The number of benzene rings is 1. The molecule has 5 heteroatoms. The summed E-state index contributed by atoms with van der Waals surface area (Å²) < 4.78 is 26.5. The number of hydrogen-bond acceptors (Lipinski definition) is 3. The van der Waals surface area contributed by atoms with E-state index in [4.69, 9.17) is 0 Å². The third kappa shape index (κ3) is 4.23. The first-order chi connectivity index (χ1) is 8.12. The van der Waals surface area contributed by atoms with E-state index in [0.29, 0.717) is 12.1 Å². The third-order valence-corrected chi connectivity index (χ3v) is 3.78. The summed E-state index contributed by atoms with van der Waals surface area (Å²) in [6.45, 7) is 7.67. The molecule has 0 fully saturated rings. The van der Waals surface area contributed by atoms with Gasteiger partial charge in [-0.3, -0.25) is 4.79 Å². The Kier molecular flexibility index (Phi) is 4.29. The van der Waals surface area contributed by atoms with E-state index in [1.807, 2.05) is 20.8 Å². The van der Waals surface area contributed by atoms with Gasteiger partial charge in [0.2, 0.25) is 10.0 Å². The van der Waals surface area contributed by atoms with Crippen LogP contribution in [0.5, 0.6) is 0 Å². The molecule has 0 radical (unpaired) electrons. The second-order valence-corrected chi connectivity index (χ2v) is 7.23. The average molecular weight is 269 g/mol. The molecular weight excluding hydrogens is 250 g/mol. The number of Topliss-reactive ketones (excluding diaryl/α,β-unsaturated/α-hetero) is 1. The van der Waals surface area contributed by atoms with Crippen LogP contribution in [-0.4, -0.2) is 20.7 Å². The van der Waals surface area contributed by atoms with Gasteiger partial charge in [0.1, 0.15) is 0 Å². The van der Waals surface area contributed by atoms with Crippen LogP contribution in [-0.2, 0) is 10.0 Å². The molecule has 0 bridgehead atoms. The lowest BCUT2D eigenvalue weighted by Gasteiger charge is -2.18. The molecule has 0 aliphatic heterocycles. The summed E-state index contributed by atoms with van der Waals surface area (Å²) in [5.74, 6) is -0.0819. The highest BCUT2D eigenvalue weighted by Gasteiger charge is 2.18. The summed E-state index contributed by atoms with van der Waals surface area (Å²) in [4.78, 5) is 11.3. The minimum absolute atomic E-state index is 0.0819. The van der Waals surface area contributed by atoms with Gasteiger partial charge in [0.05, 0.1) is 4.90 Å². The molecule has 4 nitrogen and oxygen atoms in total. The van der Waals surface area contributed by atoms with Crippen LogP contribution in [0.2, 0.25) is 0 Å². The van der Waals surface area contributed by atoms with E-state index < -0.39 is 10.0 Å². The molecule has 0 aliphatic carbocycles. The number of rotatable bonds is 4. The molecule has 0 saturated carbocycles. The van der Waals surface area contributed by atoms with Crippen LogP contribution < -0.4 is 4.72 Å². The quantitative estimate of drug-likeness (QED) is 0.852. The van der Waals surface area contributed by atoms with Gasteiger partial charge in [-0.05, 0) is 24.5 Å². The van der Waals surface area contributed by atoms with Gasteiger partial charge in [0, 0.05) is 12.1 Å². The molecule has 0 unspecified atom stereocenters. The predicted octanol–water partition coefficient (Wildman–Crippen LogP) is 2.21. The number of ketones is 1. The Morgan fingerprint density at radius 3 is 2.06 bits per heavy atom. The van der Waals surface area contributed by atoms with Crippen LogP contribution in [0.1, 0.15) is 38.1 Å². The Hall–Kier alpha value is -1.20. The maximum atomic E-state index is 12.0. The van der Waals surface area contributed by atoms with Gasteiger partial charge >= 0.3 is 0 Å². The second-order valence-electron chi connectivity index (χ2n) is 5.47. The Morgan fingerprint density at radius 2 is 1.67 bits per heavy atom. The fourth-order valence-corrected chi connectivity index (χ4v) is 2.55. The van der Waals surface area contributed by atoms with Gasteiger partial charge in [-0.15, -0.1) is 0 Å². The Labute approximate surface area is 108 Å². The Balaban J connectivity index is 2.89. The highest BCUT2D eigenvalue weighted by Crippen LogP contribution is 2.15. The number of hydrogen-bond donors (Lipinski definition) is 1. The van der Waals surface area contributed by atoms with Crippen molar-refractivity contribution in [2.75, 3.05) is 6.54 Å². The van der Waals surface area contributed by atoms with Crippen LogP contribution in [0.15, 0.2) is 29.2 Å². The summed E-state index contributed by atoms with van der Waals surface area (Å²) in [7, 11) is -3.50. The molecule has 1 N–H and O–H groups in total. The van der Waals surface area contributed by atoms with Crippen molar-refractivity contribution in [2.24, 2.45) is 5.41 Å².